The Balaban J connectivity index is 1.60. The molecule has 0 bridgehead atoms. The molecule has 0 saturated carbocycles. The monoisotopic (exact) mass is 399 g/mol. The second-order valence-electron chi connectivity index (χ2n) is 5.43. The van der Waals surface area contributed by atoms with E-state index in [0.717, 1.165) is 0 Å². The summed E-state index contributed by atoms with van der Waals surface area (Å²) >= 11 is 11.0. The first-order valence-electron chi connectivity index (χ1n) is 7.84. The van der Waals surface area contributed by atoms with E-state index >= 15 is 0 Å². The maximum Gasteiger partial charge on any atom is 0.291 e. The molecule has 1 aromatic heterocycles. The normalized spacial score (nSPS) is 10.1. The van der Waals surface area contributed by atoms with Crippen LogP contribution in [-0.4, -0.2) is 16.9 Å². The standard InChI is InChI=1S/C19H14ClN3O3S/c20-13-8-6-12(7-9-13)17(24)23-19(27)22-15-4-1-3-14(11-15)21-18(25)16-5-2-10-26-16/h1-11H,(H,21,25)(H2,22,23,24,27). The lowest BCUT2D eigenvalue weighted by molar-refractivity contribution is 0.0975. The average Bonchev–Trinajstić information content (AvgIpc) is 3.17. The lowest BCUT2D eigenvalue weighted by atomic mass is 10.2. The van der Waals surface area contributed by atoms with Gasteiger partial charge in [-0.25, -0.2) is 0 Å². The number of carbonyl (C=O) groups is 2. The number of halogens is 1. The van der Waals surface area contributed by atoms with Gasteiger partial charge < -0.3 is 15.1 Å². The van der Waals surface area contributed by atoms with E-state index in [-0.39, 0.29) is 22.7 Å². The van der Waals surface area contributed by atoms with Crippen molar-refractivity contribution in [1.82, 2.24) is 5.32 Å². The third-order valence-electron chi connectivity index (χ3n) is 3.46. The summed E-state index contributed by atoms with van der Waals surface area (Å²) < 4.78 is 5.05. The van der Waals surface area contributed by atoms with Crippen LogP contribution in [0, 0.1) is 0 Å². The first-order chi connectivity index (χ1) is 13.0. The molecule has 0 fully saturated rings. The predicted molar refractivity (Wildman–Crippen MR) is 108 cm³/mol. The van der Waals surface area contributed by atoms with Crippen molar-refractivity contribution in [2.75, 3.05) is 10.6 Å². The molecule has 27 heavy (non-hydrogen) atoms. The zero-order valence-electron chi connectivity index (χ0n) is 13.9. The summed E-state index contributed by atoms with van der Waals surface area (Å²) in [4.78, 5) is 24.2. The molecule has 0 radical (unpaired) electrons. The summed E-state index contributed by atoms with van der Waals surface area (Å²) in [5.74, 6) is -0.513. The molecule has 3 N–H and O–H groups in total. The molecule has 3 rings (SSSR count). The van der Waals surface area contributed by atoms with E-state index in [2.05, 4.69) is 16.0 Å². The van der Waals surface area contributed by atoms with Gasteiger partial charge in [0.05, 0.1) is 6.26 Å². The Hall–Kier alpha value is -3.16. The van der Waals surface area contributed by atoms with E-state index < -0.39 is 0 Å². The highest BCUT2D eigenvalue weighted by atomic mass is 35.5. The molecule has 2 aromatic carbocycles. The third-order valence-corrected chi connectivity index (χ3v) is 3.91. The molecule has 0 aliphatic rings. The molecule has 0 saturated heterocycles. The molecule has 0 aliphatic carbocycles. The smallest absolute Gasteiger partial charge is 0.291 e. The largest absolute Gasteiger partial charge is 0.459 e. The van der Waals surface area contributed by atoms with Crippen LogP contribution in [0.25, 0.3) is 0 Å². The maximum atomic E-state index is 12.2. The van der Waals surface area contributed by atoms with Crippen molar-refractivity contribution >= 4 is 52.1 Å². The molecule has 3 aromatic rings. The Labute approximate surface area is 165 Å². The van der Waals surface area contributed by atoms with Gasteiger partial charge in [0.1, 0.15) is 0 Å². The highest BCUT2D eigenvalue weighted by Crippen LogP contribution is 2.16. The summed E-state index contributed by atoms with van der Waals surface area (Å²) in [6, 6.07) is 16.6. The molecule has 2 amide bonds. The van der Waals surface area contributed by atoms with E-state index in [0.29, 0.717) is 22.0 Å². The number of amides is 2. The van der Waals surface area contributed by atoms with E-state index in [9.17, 15) is 9.59 Å². The van der Waals surface area contributed by atoms with Crippen LogP contribution in [0.4, 0.5) is 11.4 Å². The zero-order chi connectivity index (χ0) is 19.2. The first-order valence-corrected chi connectivity index (χ1v) is 8.63. The summed E-state index contributed by atoms with van der Waals surface area (Å²) in [6.45, 7) is 0. The number of carbonyl (C=O) groups excluding carboxylic acids is 2. The molecule has 0 spiro atoms. The van der Waals surface area contributed by atoms with Crippen LogP contribution < -0.4 is 16.0 Å². The number of hydrogen-bond donors (Lipinski definition) is 3. The fourth-order valence-corrected chi connectivity index (χ4v) is 2.55. The van der Waals surface area contributed by atoms with Crippen molar-refractivity contribution in [3.63, 3.8) is 0 Å². The van der Waals surface area contributed by atoms with Crippen molar-refractivity contribution in [2.45, 2.75) is 0 Å². The van der Waals surface area contributed by atoms with Gasteiger partial charge in [-0.1, -0.05) is 17.7 Å². The lowest BCUT2D eigenvalue weighted by Crippen LogP contribution is -2.34. The topological polar surface area (TPSA) is 83.4 Å². The fraction of sp³-hybridized carbons (Fsp3) is 0. The molecule has 0 atom stereocenters. The van der Waals surface area contributed by atoms with E-state index in [4.69, 9.17) is 28.2 Å². The van der Waals surface area contributed by atoms with Crippen LogP contribution in [0.3, 0.4) is 0 Å². The van der Waals surface area contributed by atoms with E-state index in [1.807, 2.05) is 0 Å². The number of hydrogen-bond acceptors (Lipinski definition) is 4. The summed E-state index contributed by atoms with van der Waals surface area (Å²) in [6.07, 6.45) is 1.43. The lowest BCUT2D eigenvalue weighted by Gasteiger charge is -2.11. The fourth-order valence-electron chi connectivity index (χ4n) is 2.21. The van der Waals surface area contributed by atoms with Crippen LogP contribution in [0.15, 0.2) is 71.3 Å². The average molecular weight is 400 g/mol. The van der Waals surface area contributed by atoms with Crippen LogP contribution >= 0.6 is 23.8 Å². The molecular weight excluding hydrogens is 386 g/mol. The molecule has 6 nitrogen and oxygen atoms in total. The number of rotatable bonds is 4. The molecule has 8 heteroatoms. The minimum Gasteiger partial charge on any atom is -0.459 e. The number of nitrogens with one attached hydrogen (secondary N) is 3. The second kappa shape index (κ2) is 8.48. The summed E-state index contributed by atoms with van der Waals surface area (Å²) in [7, 11) is 0. The van der Waals surface area contributed by atoms with Crippen LogP contribution in [0.5, 0.6) is 0 Å². The van der Waals surface area contributed by atoms with Gasteiger partial charge in [-0.2, -0.15) is 0 Å². The Morgan fingerprint density at radius 2 is 1.59 bits per heavy atom. The van der Waals surface area contributed by atoms with Gasteiger partial charge >= 0.3 is 0 Å². The van der Waals surface area contributed by atoms with Crippen molar-refractivity contribution in [3.05, 3.63) is 83.3 Å². The molecule has 136 valence electrons. The quantitative estimate of drug-likeness (QED) is 0.569. The number of benzene rings is 2. The van der Waals surface area contributed by atoms with Gasteiger partial charge in [-0.15, -0.1) is 0 Å². The Morgan fingerprint density at radius 3 is 2.26 bits per heavy atom. The van der Waals surface area contributed by atoms with Crippen molar-refractivity contribution in [1.29, 1.82) is 0 Å². The van der Waals surface area contributed by atoms with Crippen molar-refractivity contribution in [3.8, 4) is 0 Å². The molecule has 0 unspecified atom stereocenters. The Bertz CT molecular complexity index is 972. The van der Waals surface area contributed by atoms with Crippen LogP contribution in [0.1, 0.15) is 20.9 Å². The SMILES string of the molecule is O=C(NC(=S)Nc1cccc(NC(=O)c2ccco2)c1)c1ccc(Cl)cc1. The minimum atomic E-state index is -0.365. The molecule has 0 aliphatic heterocycles. The maximum absolute atomic E-state index is 12.2. The molecular formula is C19H14ClN3O3S. The third kappa shape index (κ3) is 5.16. The van der Waals surface area contributed by atoms with E-state index in [1.165, 1.54) is 6.26 Å². The van der Waals surface area contributed by atoms with Gasteiger partial charge in [0.2, 0.25) is 0 Å². The van der Waals surface area contributed by atoms with Crippen LogP contribution in [-0.2, 0) is 0 Å². The summed E-state index contributed by atoms with van der Waals surface area (Å²) in [5.41, 5.74) is 1.59. The molecule has 1 heterocycles. The van der Waals surface area contributed by atoms with Gasteiger partial charge in [-0.05, 0) is 66.8 Å². The van der Waals surface area contributed by atoms with E-state index in [1.54, 1.807) is 60.7 Å². The number of thiocarbonyl (C=S) groups is 1. The van der Waals surface area contributed by atoms with Crippen molar-refractivity contribution < 1.29 is 14.0 Å². The van der Waals surface area contributed by atoms with Gasteiger partial charge in [-0.3, -0.25) is 14.9 Å². The summed E-state index contributed by atoms with van der Waals surface area (Å²) in [5, 5.41) is 8.87. The van der Waals surface area contributed by atoms with Crippen molar-refractivity contribution in [2.24, 2.45) is 0 Å². The van der Waals surface area contributed by atoms with Gasteiger partial charge in [0.15, 0.2) is 10.9 Å². The predicted octanol–water partition coefficient (Wildman–Crippen LogP) is 4.31. The first kappa shape index (κ1) is 18.6. The van der Waals surface area contributed by atoms with Gasteiger partial charge in [0.25, 0.3) is 11.8 Å². The number of furan rings is 1. The number of anilines is 2. The zero-order valence-corrected chi connectivity index (χ0v) is 15.4. The Morgan fingerprint density at radius 1 is 0.889 bits per heavy atom. The Kier molecular flexibility index (Phi) is 5.85. The highest BCUT2D eigenvalue weighted by Gasteiger charge is 2.10. The second-order valence-corrected chi connectivity index (χ2v) is 6.27. The minimum absolute atomic E-state index is 0.129. The highest BCUT2D eigenvalue weighted by molar-refractivity contribution is 7.80. The van der Waals surface area contributed by atoms with Crippen LogP contribution in [0.2, 0.25) is 5.02 Å². The van der Waals surface area contributed by atoms with Gasteiger partial charge in [0, 0.05) is 22.0 Å².